The number of aromatic nitrogens is 3. The van der Waals surface area contributed by atoms with Crippen LogP contribution in [0.5, 0.6) is 0 Å². The molecule has 0 saturated heterocycles. The molecular formula is C15H18N4O2. The van der Waals surface area contributed by atoms with E-state index in [0.717, 1.165) is 13.1 Å². The normalized spacial score (nSPS) is 11.3. The van der Waals surface area contributed by atoms with E-state index in [9.17, 15) is 0 Å². The van der Waals surface area contributed by atoms with Crippen LogP contribution in [0.2, 0.25) is 0 Å². The highest BCUT2D eigenvalue weighted by Crippen LogP contribution is 2.21. The topological polar surface area (TPSA) is 65.1 Å². The molecule has 0 aliphatic heterocycles. The van der Waals surface area contributed by atoms with Crippen molar-refractivity contribution in [3.05, 3.63) is 48.2 Å². The highest BCUT2D eigenvalue weighted by molar-refractivity contribution is 5.84. The van der Waals surface area contributed by atoms with Gasteiger partial charge in [-0.3, -0.25) is 0 Å². The zero-order valence-electron chi connectivity index (χ0n) is 12.0. The van der Waals surface area contributed by atoms with Gasteiger partial charge in [-0.15, -0.1) is 0 Å². The second kappa shape index (κ2) is 6.51. The molecular weight excluding hydrogens is 268 g/mol. The van der Waals surface area contributed by atoms with Crippen LogP contribution in [0.25, 0.3) is 10.9 Å². The number of hydrogen-bond donors (Lipinski definition) is 1. The van der Waals surface area contributed by atoms with Gasteiger partial charge < -0.3 is 19.1 Å². The van der Waals surface area contributed by atoms with Crippen LogP contribution in [-0.2, 0) is 17.8 Å². The molecule has 1 aromatic carbocycles. The third kappa shape index (κ3) is 3.12. The van der Waals surface area contributed by atoms with Crippen molar-refractivity contribution in [1.29, 1.82) is 0 Å². The Kier molecular flexibility index (Phi) is 4.28. The van der Waals surface area contributed by atoms with E-state index in [1.807, 2.05) is 6.07 Å². The summed E-state index contributed by atoms with van der Waals surface area (Å²) in [7, 11) is 1.71. The van der Waals surface area contributed by atoms with E-state index in [0.29, 0.717) is 19.0 Å². The molecule has 0 unspecified atom stereocenters. The smallest absolute Gasteiger partial charge is 0.213 e. The molecule has 3 rings (SSSR count). The van der Waals surface area contributed by atoms with Crippen molar-refractivity contribution in [2.45, 2.75) is 13.1 Å². The number of nitrogens with one attached hydrogen (secondary N) is 1. The summed E-state index contributed by atoms with van der Waals surface area (Å²) in [5, 5.41) is 8.50. The quantitative estimate of drug-likeness (QED) is 0.671. The van der Waals surface area contributed by atoms with Crippen molar-refractivity contribution in [1.82, 2.24) is 20.0 Å². The SMILES string of the molecule is COCCNCc1cn(Cc2ncon2)c2ccccc12. The lowest BCUT2D eigenvalue weighted by molar-refractivity contribution is 0.199. The summed E-state index contributed by atoms with van der Waals surface area (Å²) >= 11 is 0. The van der Waals surface area contributed by atoms with Gasteiger partial charge in [-0.2, -0.15) is 4.98 Å². The van der Waals surface area contributed by atoms with Gasteiger partial charge >= 0.3 is 0 Å². The molecule has 0 atom stereocenters. The van der Waals surface area contributed by atoms with Gasteiger partial charge in [-0.1, -0.05) is 23.4 Å². The number of fused-ring (bicyclic) bond motifs is 1. The molecule has 0 bridgehead atoms. The summed E-state index contributed by atoms with van der Waals surface area (Å²) < 4.78 is 12.0. The van der Waals surface area contributed by atoms with Crippen LogP contribution >= 0.6 is 0 Å². The second-order valence-corrected chi connectivity index (χ2v) is 4.82. The Hall–Kier alpha value is -2.18. The first-order valence-electron chi connectivity index (χ1n) is 6.90. The van der Waals surface area contributed by atoms with Crippen molar-refractivity contribution in [3.63, 3.8) is 0 Å². The maximum atomic E-state index is 5.05. The van der Waals surface area contributed by atoms with Crippen LogP contribution in [0.1, 0.15) is 11.4 Å². The average molecular weight is 286 g/mol. The largest absolute Gasteiger partial charge is 0.383 e. The Labute approximate surface area is 122 Å². The fourth-order valence-corrected chi connectivity index (χ4v) is 2.41. The van der Waals surface area contributed by atoms with Crippen LogP contribution in [0, 0.1) is 0 Å². The number of hydrogen-bond acceptors (Lipinski definition) is 5. The summed E-state index contributed by atoms with van der Waals surface area (Å²) in [4.78, 5) is 4.08. The first kappa shape index (κ1) is 13.8. The molecule has 2 aromatic heterocycles. The van der Waals surface area contributed by atoms with Crippen molar-refractivity contribution < 1.29 is 9.26 Å². The van der Waals surface area contributed by atoms with Gasteiger partial charge in [0.25, 0.3) is 0 Å². The third-order valence-corrected chi connectivity index (χ3v) is 3.39. The zero-order chi connectivity index (χ0) is 14.5. The lowest BCUT2D eigenvalue weighted by Crippen LogP contribution is -2.18. The minimum Gasteiger partial charge on any atom is -0.383 e. The average Bonchev–Trinajstić information content (AvgIpc) is 3.13. The number of para-hydroxylation sites is 1. The fourth-order valence-electron chi connectivity index (χ4n) is 2.41. The molecule has 0 aliphatic carbocycles. The van der Waals surface area contributed by atoms with Crippen LogP contribution in [0.3, 0.4) is 0 Å². The Balaban J connectivity index is 1.83. The van der Waals surface area contributed by atoms with Crippen molar-refractivity contribution in [2.24, 2.45) is 0 Å². The summed E-state index contributed by atoms with van der Waals surface area (Å²) in [5.41, 5.74) is 2.43. The molecule has 0 amide bonds. The molecule has 0 radical (unpaired) electrons. The minimum absolute atomic E-state index is 0.606. The van der Waals surface area contributed by atoms with Crippen LogP contribution in [-0.4, -0.2) is 35.0 Å². The number of methoxy groups -OCH3 is 1. The molecule has 1 N–H and O–H groups in total. The molecule has 3 aromatic rings. The Morgan fingerprint density at radius 2 is 2.24 bits per heavy atom. The van der Waals surface area contributed by atoms with Gasteiger partial charge in [-0.25, -0.2) is 0 Å². The van der Waals surface area contributed by atoms with Crippen molar-refractivity contribution >= 4 is 10.9 Å². The van der Waals surface area contributed by atoms with E-state index in [4.69, 9.17) is 9.26 Å². The van der Waals surface area contributed by atoms with Gasteiger partial charge in [-0.05, 0) is 11.6 Å². The van der Waals surface area contributed by atoms with Gasteiger partial charge in [0.05, 0.1) is 13.2 Å². The zero-order valence-corrected chi connectivity index (χ0v) is 12.0. The third-order valence-electron chi connectivity index (χ3n) is 3.39. The van der Waals surface area contributed by atoms with Gasteiger partial charge in [0.15, 0.2) is 5.82 Å². The lowest BCUT2D eigenvalue weighted by atomic mass is 10.2. The van der Waals surface area contributed by atoms with Crippen LogP contribution in [0.4, 0.5) is 0 Å². The number of ether oxygens (including phenoxy) is 1. The van der Waals surface area contributed by atoms with Gasteiger partial charge in [0.2, 0.25) is 6.39 Å². The molecule has 0 fully saturated rings. The molecule has 21 heavy (non-hydrogen) atoms. The highest BCUT2D eigenvalue weighted by Gasteiger charge is 2.09. The highest BCUT2D eigenvalue weighted by atomic mass is 16.5. The van der Waals surface area contributed by atoms with E-state index in [1.54, 1.807) is 7.11 Å². The maximum Gasteiger partial charge on any atom is 0.213 e. The molecule has 6 nitrogen and oxygen atoms in total. The molecule has 2 heterocycles. The fraction of sp³-hybridized carbons (Fsp3) is 0.333. The number of rotatable bonds is 7. The van der Waals surface area contributed by atoms with Crippen molar-refractivity contribution in [3.8, 4) is 0 Å². The molecule has 110 valence electrons. The molecule has 0 aliphatic rings. The van der Waals surface area contributed by atoms with E-state index in [-0.39, 0.29) is 0 Å². The van der Waals surface area contributed by atoms with Gasteiger partial charge in [0, 0.05) is 37.3 Å². The number of nitrogens with zero attached hydrogens (tertiary/aromatic N) is 3. The van der Waals surface area contributed by atoms with Crippen LogP contribution < -0.4 is 5.32 Å². The monoisotopic (exact) mass is 286 g/mol. The maximum absolute atomic E-state index is 5.05. The molecule has 0 spiro atoms. The van der Waals surface area contributed by atoms with Gasteiger partial charge in [0.1, 0.15) is 0 Å². The summed E-state index contributed by atoms with van der Waals surface area (Å²) in [6.07, 6.45) is 3.50. The second-order valence-electron chi connectivity index (χ2n) is 4.82. The predicted molar refractivity (Wildman–Crippen MR) is 78.9 cm³/mol. The number of benzene rings is 1. The standard InChI is InChI=1S/C15H18N4O2/c1-20-7-6-16-8-12-9-19(10-15-17-11-21-18-15)14-5-3-2-4-13(12)14/h2-5,9,11,16H,6-8,10H2,1H3. The molecule has 6 heteroatoms. The van der Waals surface area contributed by atoms with E-state index in [1.165, 1.54) is 22.9 Å². The first-order chi connectivity index (χ1) is 10.4. The van der Waals surface area contributed by atoms with E-state index in [2.05, 4.69) is 44.4 Å². The summed E-state index contributed by atoms with van der Waals surface area (Å²) in [6.45, 7) is 2.96. The Morgan fingerprint density at radius 1 is 1.33 bits per heavy atom. The molecule has 0 saturated carbocycles. The van der Waals surface area contributed by atoms with Crippen LogP contribution in [0.15, 0.2) is 41.4 Å². The lowest BCUT2D eigenvalue weighted by Gasteiger charge is -2.02. The first-order valence-corrected chi connectivity index (χ1v) is 6.90. The van der Waals surface area contributed by atoms with Crippen molar-refractivity contribution in [2.75, 3.05) is 20.3 Å². The Morgan fingerprint density at radius 3 is 3.05 bits per heavy atom. The summed E-state index contributed by atoms with van der Waals surface area (Å²) in [5.74, 6) is 0.676. The minimum atomic E-state index is 0.606. The predicted octanol–water partition coefficient (Wildman–Crippen LogP) is 1.81. The Bertz CT molecular complexity index is 691. The van der Waals surface area contributed by atoms with E-state index >= 15 is 0 Å². The summed E-state index contributed by atoms with van der Waals surface area (Å²) in [6, 6.07) is 8.33. The van der Waals surface area contributed by atoms with E-state index < -0.39 is 0 Å².